The Morgan fingerprint density at radius 3 is 2.23 bits per heavy atom. The van der Waals surface area contributed by atoms with E-state index < -0.39 is 6.04 Å². The number of urea groups is 1. The number of carbonyl (C=O) groups is 2. The van der Waals surface area contributed by atoms with Gasteiger partial charge in [0.25, 0.3) is 0 Å². The van der Waals surface area contributed by atoms with Gasteiger partial charge in [-0.1, -0.05) is 67.9 Å². The van der Waals surface area contributed by atoms with Crippen molar-refractivity contribution in [3.8, 4) is 0 Å². The number of rotatable bonds is 7. The van der Waals surface area contributed by atoms with Crippen LogP contribution in [0.5, 0.6) is 0 Å². The zero-order valence-electron chi connectivity index (χ0n) is 15.0. The molecule has 6 heteroatoms. The topological polar surface area (TPSA) is 70.2 Å². The van der Waals surface area contributed by atoms with E-state index in [0.717, 1.165) is 11.1 Å². The highest BCUT2D eigenvalue weighted by atomic mass is 35.5. The number of hydrogen-bond donors (Lipinski definition) is 3. The van der Waals surface area contributed by atoms with Gasteiger partial charge in [0.15, 0.2) is 0 Å². The Morgan fingerprint density at radius 1 is 0.923 bits per heavy atom. The van der Waals surface area contributed by atoms with Gasteiger partial charge < -0.3 is 16.0 Å². The zero-order chi connectivity index (χ0) is 18.9. The van der Waals surface area contributed by atoms with Crippen LogP contribution >= 0.6 is 11.6 Å². The highest BCUT2D eigenvalue weighted by molar-refractivity contribution is 6.30. The van der Waals surface area contributed by atoms with Gasteiger partial charge in [-0.25, -0.2) is 4.79 Å². The number of hydrogen-bond acceptors (Lipinski definition) is 2. The largest absolute Gasteiger partial charge is 0.350 e. The Hall–Kier alpha value is -2.53. The smallest absolute Gasteiger partial charge is 0.315 e. The van der Waals surface area contributed by atoms with E-state index in [1.54, 1.807) is 12.1 Å². The summed E-state index contributed by atoms with van der Waals surface area (Å²) in [5.41, 5.74) is 1.90. The Kier molecular flexibility index (Phi) is 7.48. The molecule has 0 fully saturated rings. The van der Waals surface area contributed by atoms with Crippen LogP contribution in [0.1, 0.15) is 25.0 Å². The van der Waals surface area contributed by atoms with Crippen LogP contribution in [0, 0.1) is 5.92 Å². The van der Waals surface area contributed by atoms with Crippen LogP contribution in [0.15, 0.2) is 54.6 Å². The van der Waals surface area contributed by atoms with Crippen molar-refractivity contribution < 1.29 is 9.59 Å². The molecule has 0 aliphatic rings. The standard InChI is InChI=1S/C20H24ClN3O2/c1-14(2)18(19(25)22-13-16-9-6-10-17(21)11-16)24-20(26)23-12-15-7-4-3-5-8-15/h3-11,14,18H,12-13H2,1-2H3,(H,22,25)(H2,23,24,26). The van der Waals surface area contributed by atoms with Gasteiger partial charge in [0.05, 0.1) is 0 Å². The van der Waals surface area contributed by atoms with Gasteiger partial charge in [-0.05, 0) is 29.2 Å². The average Bonchev–Trinajstić information content (AvgIpc) is 2.63. The van der Waals surface area contributed by atoms with E-state index >= 15 is 0 Å². The maximum absolute atomic E-state index is 12.5. The minimum Gasteiger partial charge on any atom is -0.350 e. The molecular formula is C20H24ClN3O2. The molecule has 0 aliphatic heterocycles. The molecule has 0 saturated heterocycles. The molecule has 2 aromatic rings. The Morgan fingerprint density at radius 2 is 1.58 bits per heavy atom. The minimum atomic E-state index is -0.620. The summed E-state index contributed by atoms with van der Waals surface area (Å²) in [5.74, 6) is -0.272. The monoisotopic (exact) mass is 373 g/mol. The second-order valence-corrected chi connectivity index (χ2v) is 6.82. The molecule has 3 N–H and O–H groups in total. The predicted octanol–water partition coefficient (Wildman–Crippen LogP) is 3.48. The number of amides is 3. The van der Waals surface area contributed by atoms with Crippen LogP contribution in [-0.2, 0) is 17.9 Å². The highest BCUT2D eigenvalue weighted by Crippen LogP contribution is 2.10. The van der Waals surface area contributed by atoms with E-state index in [1.807, 2.05) is 56.3 Å². The van der Waals surface area contributed by atoms with Crippen LogP contribution in [0.25, 0.3) is 0 Å². The molecule has 0 spiro atoms. The van der Waals surface area contributed by atoms with Crippen molar-refractivity contribution in [3.63, 3.8) is 0 Å². The van der Waals surface area contributed by atoms with Gasteiger partial charge in [0, 0.05) is 18.1 Å². The number of benzene rings is 2. The summed E-state index contributed by atoms with van der Waals surface area (Å²) in [5, 5.41) is 8.99. The quantitative estimate of drug-likeness (QED) is 0.695. The van der Waals surface area contributed by atoms with Crippen molar-refractivity contribution in [1.82, 2.24) is 16.0 Å². The zero-order valence-corrected chi connectivity index (χ0v) is 15.7. The molecule has 2 rings (SSSR count). The molecule has 0 saturated carbocycles. The molecule has 0 radical (unpaired) electrons. The second-order valence-electron chi connectivity index (χ2n) is 6.38. The first kappa shape index (κ1) is 19.8. The van der Waals surface area contributed by atoms with Gasteiger partial charge >= 0.3 is 6.03 Å². The molecule has 0 bridgehead atoms. The third kappa shape index (κ3) is 6.41. The van der Waals surface area contributed by atoms with Crippen LogP contribution in [0.3, 0.4) is 0 Å². The molecule has 1 atom stereocenters. The van der Waals surface area contributed by atoms with Crippen molar-refractivity contribution in [2.75, 3.05) is 0 Å². The summed E-state index contributed by atoms with van der Waals surface area (Å²) >= 11 is 5.95. The normalized spacial score (nSPS) is 11.7. The van der Waals surface area contributed by atoms with Crippen LogP contribution < -0.4 is 16.0 Å². The fourth-order valence-corrected chi connectivity index (χ4v) is 2.66. The third-order valence-corrected chi connectivity index (χ3v) is 4.12. The summed E-state index contributed by atoms with van der Waals surface area (Å²) in [7, 11) is 0. The molecular weight excluding hydrogens is 350 g/mol. The number of nitrogens with one attached hydrogen (secondary N) is 3. The summed E-state index contributed by atoms with van der Waals surface area (Å²) in [6, 6.07) is 15.9. The van der Waals surface area contributed by atoms with E-state index in [4.69, 9.17) is 11.6 Å². The first-order chi connectivity index (χ1) is 12.5. The third-order valence-electron chi connectivity index (χ3n) is 3.89. The maximum Gasteiger partial charge on any atom is 0.315 e. The number of halogens is 1. The van der Waals surface area contributed by atoms with E-state index in [1.165, 1.54) is 0 Å². The fraction of sp³-hybridized carbons (Fsp3) is 0.300. The summed E-state index contributed by atoms with van der Waals surface area (Å²) < 4.78 is 0. The van der Waals surface area contributed by atoms with Crippen LogP contribution in [0.2, 0.25) is 5.02 Å². The molecule has 26 heavy (non-hydrogen) atoms. The van der Waals surface area contributed by atoms with Crippen molar-refractivity contribution in [2.24, 2.45) is 5.92 Å². The van der Waals surface area contributed by atoms with Crippen LogP contribution in [0.4, 0.5) is 4.79 Å². The molecule has 1 unspecified atom stereocenters. The highest BCUT2D eigenvalue weighted by Gasteiger charge is 2.23. The first-order valence-corrected chi connectivity index (χ1v) is 8.94. The van der Waals surface area contributed by atoms with Gasteiger partial charge in [0.1, 0.15) is 6.04 Å². The van der Waals surface area contributed by atoms with Crippen molar-refractivity contribution in [2.45, 2.75) is 33.0 Å². The van der Waals surface area contributed by atoms with E-state index in [-0.39, 0.29) is 17.9 Å². The molecule has 138 valence electrons. The molecule has 0 heterocycles. The summed E-state index contributed by atoms with van der Waals surface area (Å²) in [4.78, 5) is 24.6. The maximum atomic E-state index is 12.5. The van der Waals surface area contributed by atoms with E-state index in [0.29, 0.717) is 18.1 Å². The minimum absolute atomic E-state index is 0.0446. The van der Waals surface area contributed by atoms with Gasteiger partial charge in [-0.15, -0.1) is 0 Å². The lowest BCUT2D eigenvalue weighted by atomic mass is 10.0. The van der Waals surface area contributed by atoms with Crippen molar-refractivity contribution in [3.05, 3.63) is 70.7 Å². The fourth-order valence-electron chi connectivity index (χ4n) is 2.45. The first-order valence-electron chi connectivity index (χ1n) is 8.56. The Balaban J connectivity index is 1.86. The van der Waals surface area contributed by atoms with Gasteiger partial charge in [-0.3, -0.25) is 4.79 Å². The molecule has 3 amide bonds. The lowest BCUT2D eigenvalue weighted by Gasteiger charge is -2.22. The summed E-state index contributed by atoms with van der Waals surface area (Å²) in [6.45, 7) is 4.54. The predicted molar refractivity (Wildman–Crippen MR) is 104 cm³/mol. The molecule has 2 aromatic carbocycles. The Bertz CT molecular complexity index is 735. The molecule has 5 nitrogen and oxygen atoms in total. The van der Waals surface area contributed by atoms with Crippen LogP contribution in [-0.4, -0.2) is 18.0 Å². The van der Waals surface area contributed by atoms with Crippen molar-refractivity contribution >= 4 is 23.5 Å². The number of carbonyl (C=O) groups excluding carboxylic acids is 2. The van der Waals surface area contributed by atoms with E-state index in [9.17, 15) is 9.59 Å². The van der Waals surface area contributed by atoms with E-state index in [2.05, 4.69) is 16.0 Å². The lowest BCUT2D eigenvalue weighted by Crippen LogP contribution is -2.52. The SMILES string of the molecule is CC(C)C(NC(=O)NCc1ccccc1)C(=O)NCc1cccc(Cl)c1. The second kappa shape index (κ2) is 9.82. The lowest BCUT2D eigenvalue weighted by molar-refractivity contribution is -0.124. The van der Waals surface area contributed by atoms with Gasteiger partial charge in [0.2, 0.25) is 5.91 Å². The molecule has 0 aliphatic carbocycles. The average molecular weight is 374 g/mol. The van der Waals surface area contributed by atoms with Gasteiger partial charge in [-0.2, -0.15) is 0 Å². The Labute approximate surface area is 159 Å². The summed E-state index contributed by atoms with van der Waals surface area (Å²) in [6.07, 6.45) is 0. The van der Waals surface area contributed by atoms with Crippen molar-refractivity contribution in [1.29, 1.82) is 0 Å². The molecule has 0 aromatic heterocycles.